The summed E-state index contributed by atoms with van der Waals surface area (Å²) in [5.74, 6) is -1.64. The average Bonchev–Trinajstić information content (AvgIpc) is 2.76. The number of thiazole rings is 1. The lowest BCUT2D eigenvalue weighted by Gasteiger charge is -2.11. The predicted octanol–water partition coefficient (Wildman–Crippen LogP) is 1.37. The number of amides is 1. The number of aliphatic carboxylic acids is 1. The fourth-order valence-electron chi connectivity index (χ4n) is 1.29. The van der Waals surface area contributed by atoms with Gasteiger partial charge in [0.15, 0.2) is 0 Å². The van der Waals surface area contributed by atoms with E-state index in [2.05, 4.69) is 10.3 Å². The molecule has 0 aromatic carbocycles. The zero-order valence-corrected chi connectivity index (χ0v) is 9.79. The summed E-state index contributed by atoms with van der Waals surface area (Å²) in [6.07, 6.45) is 2.82. The van der Waals surface area contributed by atoms with Crippen LogP contribution in [0.15, 0.2) is 11.7 Å². The number of rotatable bonds is 6. The largest absolute Gasteiger partial charge is 0.481 e. The Morgan fingerprint density at radius 1 is 1.62 bits per heavy atom. The van der Waals surface area contributed by atoms with Crippen LogP contribution in [0.2, 0.25) is 0 Å². The summed E-state index contributed by atoms with van der Waals surface area (Å²) in [7, 11) is 0. The van der Waals surface area contributed by atoms with E-state index >= 15 is 0 Å². The quantitative estimate of drug-likeness (QED) is 0.789. The highest BCUT2D eigenvalue weighted by molar-refractivity contribution is 7.11. The molecule has 1 rings (SSSR count). The van der Waals surface area contributed by atoms with Crippen LogP contribution in [0, 0.1) is 5.92 Å². The van der Waals surface area contributed by atoms with Crippen molar-refractivity contribution in [2.24, 2.45) is 5.92 Å². The molecule has 1 aromatic rings. The number of nitrogens with one attached hydrogen (secondary N) is 1. The fourth-order valence-corrected chi connectivity index (χ4v) is 1.83. The third-order valence-electron chi connectivity index (χ3n) is 2.15. The second-order valence-electron chi connectivity index (χ2n) is 3.40. The second-order valence-corrected chi connectivity index (χ2v) is 4.29. The number of hydrogen-bond donors (Lipinski definition) is 2. The van der Waals surface area contributed by atoms with Crippen molar-refractivity contribution in [1.29, 1.82) is 0 Å². The van der Waals surface area contributed by atoms with E-state index in [1.54, 1.807) is 5.51 Å². The van der Waals surface area contributed by atoms with Crippen LogP contribution in [0.5, 0.6) is 0 Å². The van der Waals surface area contributed by atoms with Gasteiger partial charge < -0.3 is 10.4 Å². The molecule has 0 radical (unpaired) electrons. The van der Waals surface area contributed by atoms with Gasteiger partial charge in [0.2, 0.25) is 0 Å². The molecule has 1 atom stereocenters. The highest BCUT2D eigenvalue weighted by Gasteiger charge is 2.17. The van der Waals surface area contributed by atoms with Gasteiger partial charge in [-0.25, -0.2) is 0 Å². The van der Waals surface area contributed by atoms with E-state index in [-0.39, 0.29) is 12.5 Å². The minimum absolute atomic E-state index is 0.167. The first-order valence-electron chi connectivity index (χ1n) is 5.04. The van der Waals surface area contributed by atoms with Crippen molar-refractivity contribution in [3.8, 4) is 0 Å². The Labute approximate surface area is 97.5 Å². The van der Waals surface area contributed by atoms with Crippen LogP contribution in [0.3, 0.4) is 0 Å². The van der Waals surface area contributed by atoms with Crippen LogP contribution in [0.4, 0.5) is 0 Å². The number of hydrogen-bond acceptors (Lipinski definition) is 4. The zero-order valence-electron chi connectivity index (χ0n) is 8.97. The summed E-state index contributed by atoms with van der Waals surface area (Å²) in [4.78, 5) is 26.6. The topological polar surface area (TPSA) is 79.3 Å². The molecule has 88 valence electrons. The molecule has 0 aliphatic carbocycles. The van der Waals surface area contributed by atoms with E-state index in [0.29, 0.717) is 11.3 Å². The molecule has 5 nitrogen and oxygen atoms in total. The normalized spacial score (nSPS) is 12.1. The van der Waals surface area contributed by atoms with Crippen LogP contribution >= 0.6 is 11.3 Å². The van der Waals surface area contributed by atoms with Gasteiger partial charge in [-0.05, 0) is 6.42 Å². The van der Waals surface area contributed by atoms with Crippen molar-refractivity contribution >= 4 is 23.2 Å². The Bertz CT molecular complexity index is 351. The van der Waals surface area contributed by atoms with Crippen LogP contribution < -0.4 is 5.32 Å². The standard InChI is InChI=1S/C10H14N2O3S/c1-2-3-7(10(14)15)4-12-9(13)8-5-11-6-16-8/h5-7H,2-4H2,1H3,(H,12,13)(H,14,15). The van der Waals surface area contributed by atoms with Crippen molar-refractivity contribution in [2.45, 2.75) is 19.8 Å². The van der Waals surface area contributed by atoms with Gasteiger partial charge in [0.05, 0.1) is 17.6 Å². The summed E-state index contributed by atoms with van der Waals surface area (Å²) in [5.41, 5.74) is 1.57. The van der Waals surface area contributed by atoms with Crippen molar-refractivity contribution < 1.29 is 14.7 Å². The Balaban J connectivity index is 2.43. The first-order chi connectivity index (χ1) is 7.65. The Hall–Kier alpha value is -1.43. The number of nitrogens with zero attached hydrogens (tertiary/aromatic N) is 1. The van der Waals surface area contributed by atoms with Crippen LogP contribution in [-0.4, -0.2) is 28.5 Å². The van der Waals surface area contributed by atoms with Gasteiger partial charge >= 0.3 is 5.97 Å². The van der Waals surface area contributed by atoms with Crippen LogP contribution in [0.25, 0.3) is 0 Å². The second kappa shape index (κ2) is 6.22. The monoisotopic (exact) mass is 242 g/mol. The summed E-state index contributed by atoms with van der Waals surface area (Å²) in [6, 6.07) is 0. The van der Waals surface area contributed by atoms with Crippen molar-refractivity contribution in [1.82, 2.24) is 10.3 Å². The molecule has 2 N–H and O–H groups in total. The van der Waals surface area contributed by atoms with Gasteiger partial charge in [-0.2, -0.15) is 0 Å². The lowest BCUT2D eigenvalue weighted by Crippen LogP contribution is -2.32. The SMILES string of the molecule is CCCC(CNC(=O)c1cncs1)C(=O)O. The third-order valence-corrected chi connectivity index (χ3v) is 2.92. The van der Waals surface area contributed by atoms with Gasteiger partial charge in [-0.3, -0.25) is 14.6 Å². The maximum absolute atomic E-state index is 11.5. The lowest BCUT2D eigenvalue weighted by atomic mass is 10.0. The van der Waals surface area contributed by atoms with Crippen molar-refractivity contribution in [3.05, 3.63) is 16.6 Å². The highest BCUT2D eigenvalue weighted by atomic mass is 32.1. The number of carboxylic acids is 1. The Kier molecular flexibility index (Phi) is 4.91. The van der Waals surface area contributed by atoms with E-state index in [1.165, 1.54) is 17.5 Å². The molecule has 0 fully saturated rings. The first kappa shape index (κ1) is 12.6. The number of aromatic nitrogens is 1. The fraction of sp³-hybridized carbons (Fsp3) is 0.500. The van der Waals surface area contributed by atoms with E-state index in [1.807, 2.05) is 6.92 Å². The molecule has 0 aliphatic heterocycles. The smallest absolute Gasteiger partial charge is 0.308 e. The molecular weight excluding hydrogens is 228 g/mol. The molecule has 1 amide bonds. The number of carbonyl (C=O) groups excluding carboxylic acids is 1. The van der Waals surface area contributed by atoms with E-state index in [0.717, 1.165) is 6.42 Å². The molecular formula is C10H14N2O3S. The summed E-state index contributed by atoms with van der Waals surface area (Å²) >= 11 is 1.23. The van der Waals surface area contributed by atoms with Gasteiger partial charge in [0.25, 0.3) is 5.91 Å². The first-order valence-corrected chi connectivity index (χ1v) is 5.92. The number of carbonyl (C=O) groups is 2. The molecule has 6 heteroatoms. The number of carboxylic acid groups (broad SMARTS) is 1. The molecule has 0 saturated carbocycles. The molecule has 0 spiro atoms. The van der Waals surface area contributed by atoms with Crippen molar-refractivity contribution in [2.75, 3.05) is 6.54 Å². The van der Waals surface area contributed by atoms with E-state index < -0.39 is 11.9 Å². The minimum atomic E-state index is -0.869. The predicted molar refractivity (Wildman–Crippen MR) is 60.5 cm³/mol. The zero-order chi connectivity index (χ0) is 12.0. The summed E-state index contributed by atoms with van der Waals surface area (Å²) in [6.45, 7) is 2.08. The molecule has 16 heavy (non-hydrogen) atoms. The molecule has 0 bridgehead atoms. The van der Waals surface area contributed by atoms with Gasteiger partial charge in [-0.1, -0.05) is 13.3 Å². The van der Waals surface area contributed by atoms with Gasteiger partial charge in [0.1, 0.15) is 4.88 Å². The van der Waals surface area contributed by atoms with E-state index in [4.69, 9.17) is 5.11 Å². The summed E-state index contributed by atoms with van der Waals surface area (Å²) in [5, 5.41) is 11.5. The van der Waals surface area contributed by atoms with E-state index in [9.17, 15) is 9.59 Å². The maximum atomic E-state index is 11.5. The van der Waals surface area contributed by atoms with Gasteiger partial charge in [0, 0.05) is 6.54 Å². The average molecular weight is 242 g/mol. The Morgan fingerprint density at radius 3 is 2.88 bits per heavy atom. The van der Waals surface area contributed by atoms with Crippen LogP contribution in [-0.2, 0) is 4.79 Å². The Morgan fingerprint density at radius 2 is 2.38 bits per heavy atom. The van der Waals surface area contributed by atoms with Crippen molar-refractivity contribution in [3.63, 3.8) is 0 Å². The van der Waals surface area contributed by atoms with Crippen LogP contribution in [0.1, 0.15) is 29.4 Å². The van der Waals surface area contributed by atoms with Gasteiger partial charge in [-0.15, -0.1) is 11.3 Å². The molecule has 0 saturated heterocycles. The molecule has 0 aliphatic rings. The molecule has 1 aromatic heterocycles. The third kappa shape index (κ3) is 3.62. The highest BCUT2D eigenvalue weighted by Crippen LogP contribution is 2.08. The lowest BCUT2D eigenvalue weighted by molar-refractivity contribution is -0.141. The molecule has 1 heterocycles. The maximum Gasteiger partial charge on any atom is 0.308 e. The summed E-state index contributed by atoms with van der Waals surface area (Å²) < 4.78 is 0. The minimum Gasteiger partial charge on any atom is -0.481 e. The molecule has 1 unspecified atom stereocenters.